The first kappa shape index (κ1) is 12.7. The van der Waals surface area contributed by atoms with E-state index < -0.39 is 0 Å². The molecular formula is C13H12FN5S. The van der Waals surface area contributed by atoms with Gasteiger partial charge in [-0.25, -0.2) is 9.07 Å². The molecule has 0 saturated heterocycles. The van der Waals surface area contributed by atoms with Crippen LogP contribution in [0.4, 0.5) is 10.1 Å². The molecule has 0 spiro atoms. The first-order valence-corrected chi connectivity index (χ1v) is 6.92. The van der Waals surface area contributed by atoms with Crippen LogP contribution in [0.2, 0.25) is 0 Å². The summed E-state index contributed by atoms with van der Waals surface area (Å²) in [6, 6.07) is 6.78. The minimum Gasteiger partial charge on any atom is -0.378 e. The fraction of sp³-hybridized carbons (Fsp3) is 0.154. The molecule has 5 nitrogen and oxygen atoms in total. The number of nitrogens with one attached hydrogen (secondary N) is 1. The molecule has 1 aromatic carbocycles. The number of aryl methyl sites for hydroxylation is 1. The number of thiophene rings is 1. The highest BCUT2D eigenvalue weighted by Crippen LogP contribution is 2.21. The Morgan fingerprint density at radius 2 is 2.25 bits per heavy atom. The van der Waals surface area contributed by atoms with Crippen molar-refractivity contribution in [3.05, 3.63) is 52.2 Å². The van der Waals surface area contributed by atoms with Crippen LogP contribution in [-0.4, -0.2) is 20.2 Å². The summed E-state index contributed by atoms with van der Waals surface area (Å²) in [5, 5.41) is 16.1. The molecule has 0 aliphatic rings. The zero-order chi connectivity index (χ0) is 13.9. The lowest BCUT2D eigenvalue weighted by Gasteiger charge is -2.09. The molecular weight excluding hydrogens is 277 g/mol. The van der Waals surface area contributed by atoms with Gasteiger partial charge in [-0.3, -0.25) is 0 Å². The Bertz CT molecular complexity index is 707. The maximum Gasteiger partial charge on any atom is 0.146 e. The van der Waals surface area contributed by atoms with Crippen LogP contribution in [0.1, 0.15) is 10.4 Å². The second-order valence-corrected chi connectivity index (χ2v) is 5.30. The second kappa shape index (κ2) is 5.38. The number of rotatable bonds is 4. The van der Waals surface area contributed by atoms with E-state index in [1.54, 1.807) is 23.5 Å². The van der Waals surface area contributed by atoms with Gasteiger partial charge in [-0.15, -0.1) is 16.4 Å². The molecule has 0 amide bonds. The van der Waals surface area contributed by atoms with Crippen molar-refractivity contribution in [2.45, 2.75) is 13.5 Å². The van der Waals surface area contributed by atoms with Crippen LogP contribution < -0.4 is 5.32 Å². The Labute approximate surface area is 119 Å². The molecule has 2 aromatic heterocycles. The average molecular weight is 289 g/mol. The number of benzene rings is 1. The summed E-state index contributed by atoms with van der Waals surface area (Å²) in [6.45, 7) is 2.64. The van der Waals surface area contributed by atoms with Crippen molar-refractivity contribution in [2.24, 2.45) is 0 Å². The van der Waals surface area contributed by atoms with Gasteiger partial charge in [-0.1, -0.05) is 0 Å². The smallest absolute Gasteiger partial charge is 0.146 e. The molecule has 0 radical (unpaired) electrons. The van der Waals surface area contributed by atoms with Crippen LogP contribution in [0.15, 0.2) is 36.0 Å². The van der Waals surface area contributed by atoms with Gasteiger partial charge in [0.2, 0.25) is 0 Å². The second-order valence-electron chi connectivity index (χ2n) is 4.30. The predicted molar refractivity (Wildman–Crippen MR) is 75.5 cm³/mol. The van der Waals surface area contributed by atoms with Gasteiger partial charge >= 0.3 is 0 Å². The SMILES string of the molecule is Cc1ccsc1CNc1cc(-n2cnnn2)ccc1F. The van der Waals surface area contributed by atoms with Crippen LogP contribution in [0.3, 0.4) is 0 Å². The number of anilines is 1. The molecule has 0 aliphatic heterocycles. The lowest BCUT2D eigenvalue weighted by molar-refractivity contribution is 0.629. The van der Waals surface area contributed by atoms with E-state index in [1.807, 2.05) is 12.3 Å². The Morgan fingerprint density at radius 3 is 2.95 bits per heavy atom. The minimum atomic E-state index is -0.295. The standard InChI is InChI=1S/C13H12FN5S/c1-9-4-5-20-13(9)7-15-12-6-10(2-3-11(12)14)19-8-16-17-18-19/h2-6,8,15H,7H2,1H3. The van der Waals surface area contributed by atoms with Crippen molar-refractivity contribution in [1.82, 2.24) is 20.2 Å². The Morgan fingerprint density at radius 1 is 1.35 bits per heavy atom. The van der Waals surface area contributed by atoms with E-state index >= 15 is 0 Å². The van der Waals surface area contributed by atoms with Crippen LogP contribution in [0.25, 0.3) is 5.69 Å². The molecule has 7 heteroatoms. The maximum absolute atomic E-state index is 13.8. The molecule has 3 rings (SSSR count). The van der Waals surface area contributed by atoms with Gasteiger partial charge in [0.05, 0.1) is 11.4 Å². The van der Waals surface area contributed by atoms with Crippen LogP contribution in [0, 0.1) is 12.7 Å². The molecule has 1 N–H and O–H groups in total. The number of halogens is 1. The van der Waals surface area contributed by atoms with Crippen LogP contribution >= 0.6 is 11.3 Å². The van der Waals surface area contributed by atoms with Gasteiger partial charge in [0, 0.05) is 11.4 Å². The van der Waals surface area contributed by atoms with Crippen molar-refractivity contribution in [2.75, 3.05) is 5.32 Å². The summed E-state index contributed by atoms with van der Waals surface area (Å²) in [6.07, 6.45) is 1.47. The van der Waals surface area contributed by atoms with Crippen molar-refractivity contribution in [1.29, 1.82) is 0 Å². The Balaban J connectivity index is 1.82. The van der Waals surface area contributed by atoms with Crippen LogP contribution in [-0.2, 0) is 6.54 Å². The number of hydrogen-bond acceptors (Lipinski definition) is 5. The predicted octanol–water partition coefficient (Wildman–Crippen LogP) is 2.78. The van der Waals surface area contributed by atoms with E-state index in [-0.39, 0.29) is 5.82 Å². The lowest BCUT2D eigenvalue weighted by Crippen LogP contribution is -2.03. The summed E-state index contributed by atoms with van der Waals surface area (Å²) in [4.78, 5) is 1.19. The number of hydrogen-bond donors (Lipinski definition) is 1. The summed E-state index contributed by atoms with van der Waals surface area (Å²) < 4.78 is 15.3. The molecule has 0 saturated carbocycles. The van der Waals surface area contributed by atoms with E-state index in [4.69, 9.17) is 0 Å². The third-order valence-electron chi connectivity index (χ3n) is 2.97. The van der Waals surface area contributed by atoms with E-state index in [0.29, 0.717) is 17.9 Å². The molecule has 0 unspecified atom stereocenters. The topological polar surface area (TPSA) is 55.6 Å². The Hall–Kier alpha value is -2.28. The first-order valence-electron chi connectivity index (χ1n) is 6.04. The minimum absolute atomic E-state index is 0.295. The quantitative estimate of drug-likeness (QED) is 0.802. The van der Waals surface area contributed by atoms with Gasteiger partial charge in [0.25, 0.3) is 0 Å². The largest absolute Gasteiger partial charge is 0.378 e. The highest BCUT2D eigenvalue weighted by Gasteiger charge is 2.07. The third-order valence-corrected chi connectivity index (χ3v) is 3.99. The fourth-order valence-corrected chi connectivity index (χ4v) is 2.68. The maximum atomic E-state index is 13.8. The first-order chi connectivity index (χ1) is 9.74. The van der Waals surface area contributed by atoms with Gasteiger partial charge in [-0.2, -0.15) is 0 Å². The monoisotopic (exact) mass is 289 g/mol. The van der Waals surface area contributed by atoms with Crippen LogP contribution in [0.5, 0.6) is 0 Å². The van der Waals surface area contributed by atoms with Gasteiger partial charge in [-0.05, 0) is 52.6 Å². The summed E-state index contributed by atoms with van der Waals surface area (Å²) >= 11 is 1.65. The number of aromatic nitrogens is 4. The summed E-state index contributed by atoms with van der Waals surface area (Å²) in [5.74, 6) is -0.295. The molecule has 0 fully saturated rings. The zero-order valence-corrected chi connectivity index (χ0v) is 11.6. The number of tetrazole rings is 1. The van der Waals surface area contributed by atoms with Gasteiger partial charge < -0.3 is 5.32 Å². The third kappa shape index (κ3) is 2.53. The van der Waals surface area contributed by atoms with Crippen molar-refractivity contribution in [3.8, 4) is 5.69 Å². The van der Waals surface area contributed by atoms with Crippen molar-refractivity contribution < 1.29 is 4.39 Å². The van der Waals surface area contributed by atoms with Gasteiger partial charge in [0.15, 0.2) is 0 Å². The molecule has 102 valence electrons. The van der Waals surface area contributed by atoms with E-state index in [0.717, 1.165) is 0 Å². The summed E-state index contributed by atoms with van der Waals surface area (Å²) in [7, 11) is 0. The fourth-order valence-electron chi connectivity index (χ4n) is 1.83. The molecule has 0 aliphatic carbocycles. The van der Waals surface area contributed by atoms with Crippen molar-refractivity contribution in [3.63, 3.8) is 0 Å². The molecule has 0 atom stereocenters. The highest BCUT2D eigenvalue weighted by molar-refractivity contribution is 7.10. The van der Waals surface area contributed by atoms with Crippen molar-refractivity contribution >= 4 is 17.0 Å². The van der Waals surface area contributed by atoms with Gasteiger partial charge in [0.1, 0.15) is 12.1 Å². The lowest BCUT2D eigenvalue weighted by atomic mass is 10.2. The molecule has 2 heterocycles. The van der Waals surface area contributed by atoms with E-state index in [2.05, 4.69) is 26.9 Å². The molecule has 3 aromatic rings. The molecule has 20 heavy (non-hydrogen) atoms. The normalized spacial score (nSPS) is 10.7. The Kier molecular flexibility index (Phi) is 3.42. The zero-order valence-electron chi connectivity index (χ0n) is 10.7. The summed E-state index contributed by atoms with van der Waals surface area (Å²) in [5.41, 5.74) is 2.35. The van der Waals surface area contributed by atoms with E-state index in [9.17, 15) is 4.39 Å². The molecule has 0 bridgehead atoms. The van der Waals surface area contributed by atoms with E-state index in [1.165, 1.54) is 27.5 Å². The average Bonchev–Trinajstić information content (AvgIpc) is 3.10. The highest BCUT2D eigenvalue weighted by atomic mass is 32.1. The number of nitrogens with zero attached hydrogens (tertiary/aromatic N) is 4.